The summed E-state index contributed by atoms with van der Waals surface area (Å²) in [6, 6.07) is 6.35. The van der Waals surface area contributed by atoms with Crippen LogP contribution in [0.2, 0.25) is 0 Å². The lowest BCUT2D eigenvalue weighted by Crippen LogP contribution is -2.37. The van der Waals surface area contributed by atoms with E-state index in [4.69, 9.17) is 26.7 Å². The molecule has 0 unspecified atom stereocenters. The Balaban J connectivity index is 1.82. The molecule has 0 spiro atoms. The van der Waals surface area contributed by atoms with Gasteiger partial charge in [0, 0.05) is 94.4 Å². The van der Waals surface area contributed by atoms with Crippen molar-refractivity contribution in [3.05, 3.63) is 48.1 Å². The molecular formula is C23H26ClIN6OS. The van der Waals surface area contributed by atoms with Crippen LogP contribution in [-0.2, 0) is 6.42 Å². The second-order valence-corrected chi connectivity index (χ2v) is 9.85. The number of halogens is 2. The fourth-order valence-electron chi connectivity index (χ4n) is 4.16. The van der Waals surface area contributed by atoms with E-state index < -0.39 is 0 Å². The lowest BCUT2D eigenvalue weighted by Gasteiger charge is -2.23. The van der Waals surface area contributed by atoms with Crippen molar-refractivity contribution >= 4 is 63.7 Å². The van der Waals surface area contributed by atoms with Crippen molar-refractivity contribution in [1.29, 1.82) is 5.41 Å². The maximum Gasteiger partial charge on any atom is 0.212 e. The molecule has 0 saturated carbocycles. The number of ether oxygens (including phenoxy) is 1. The first kappa shape index (κ1) is 24.3. The van der Waals surface area contributed by atoms with Crippen LogP contribution in [0.4, 0.5) is 0 Å². The molecule has 1 aliphatic heterocycles. The Bertz CT molecular complexity index is 1170. The van der Waals surface area contributed by atoms with Crippen LogP contribution in [0, 0.1) is 5.41 Å². The number of aromatic nitrogens is 3. The highest BCUT2D eigenvalue weighted by molar-refractivity contribution is 14.2. The van der Waals surface area contributed by atoms with E-state index in [-0.39, 0.29) is 5.17 Å². The highest BCUT2D eigenvalue weighted by atomic mass is 127. The summed E-state index contributed by atoms with van der Waals surface area (Å²) in [5, 5.41) is 16.0. The summed E-state index contributed by atoms with van der Waals surface area (Å²) < 4.78 is 7.39. The number of hydrogen-bond donors (Lipinski definition) is 3. The number of allylic oxidation sites excluding steroid dienone is 1. The topological polar surface area (TPSA) is 87.8 Å². The SMILES string of the molecule is CCc1c(-c2ccc(OC)nc2)c2cc(/C(=C/NC3CCNCC3)C(=N)Cl)cnc2n1SI. The summed E-state index contributed by atoms with van der Waals surface area (Å²) in [5.74, 6) is 0.576. The molecule has 0 aromatic carbocycles. The van der Waals surface area contributed by atoms with Gasteiger partial charge in [0.1, 0.15) is 5.17 Å². The molecule has 3 aromatic rings. The molecule has 3 aromatic heterocycles. The van der Waals surface area contributed by atoms with Gasteiger partial charge >= 0.3 is 0 Å². The molecule has 0 aliphatic carbocycles. The number of hydrogen-bond acceptors (Lipinski definition) is 7. The molecule has 0 bridgehead atoms. The Morgan fingerprint density at radius 1 is 1.36 bits per heavy atom. The third kappa shape index (κ3) is 5.16. The quantitative estimate of drug-likeness (QED) is 0.238. The fraction of sp³-hybridized carbons (Fsp3) is 0.348. The molecule has 0 amide bonds. The van der Waals surface area contributed by atoms with E-state index >= 15 is 0 Å². The minimum atomic E-state index is -0.0105. The van der Waals surface area contributed by atoms with Crippen LogP contribution in [0.5, 0.6) is 5.88 Å². The Kier molecular flexibility index (Phi) is 8.15. The highest BCUT2D eigenvalue weighted by Crippen LogP contribution is 2.39. The summed E-state index contributed by atoms with van der Waals surface area (Å²) >= 11 is 8.52. The summed E-state index contributed by atoms with van der Waals surface area (Å²) in [7, 11) is 3.21. The molecule has 3 N–H and O–H groups in total. The minimum Gasteiger partial charge on any atom is -0.481 e. The largest absolute Gasteiger partial charge is 0.481 e. The molecule has 10 heteroatoms. The highest BCUT2D eigenvalue weighted by Gasteiger charge is 2.21. The number of nitrogens with one attached hydrogen (secondary N) is 3. The van der Waals surface area contributed by atoms with Crippen LogP contribution in [0.1, 0.15) is 31.0 Å². The van der Waals surface area contributed by atoms with Crippen LogP contribution in [0.25, 0.3) is 27.7 Å². The third-order valence-electron chi connectivity index (χ3n) is 5.85. The molecule has 0 atom stereocenters. The van der Waals surface area contributed by atoms with Gasteiger partial charge in [-0.25, -0.2) is 9.97 Å². The van der Waals surface area contributed by atoms with E-state index in [1.807, 2.05) is 24.5 Å². The molecule has 7 nitrogen and oxygen atoms in total. The van der Waals surface area contributed by atoms with Gasteiger partial charge in [0.2, 0.25) is 5.88 Å². The van der Waals surface area contributed by atoms with Crippen LogP contribution in [0.15, 0.2) is 36.8 Å². The molecule has 1 fully saturated rings. The predicted molar refractivity (Wildman–Crippen MR) is 146 cm³/mol. The average molecular weight is 597 g/mol. The predicted octanol–water partition coefficient (Wildman–Crippen LogP) is 5.41. The van der Waals surface area contributed by atoms with Crippen molar-refractivity contribution in [2.75, 3.05) is 20.2 Å². The second-order valence-electron chi connectivity index (χ2n) is 7.79. The second kappa shape index (κ2) is 11.1. The summed E-state index contributed by atoms with van der Waals surface area (Å²) in [6.07, 6.45) is 8.43. The van der Waals surface area contributed by atoms with Crippen molar-refractivity contribution in [2.45, 2.75) is 32.2 Å². The van der Waals surface area contributed by atoms with Crippen molar-refractivity contribution in [2.24, 2.45) is 0 Å². The summed E-state index contributed by atoms with van der Waals surface area (Å²) in [4.78, 5) is 9.21. The molecular weight excluding hydrogens is 571 g/mol. The normalized spacial score (nSPS) is 15.1. The monoisotopic (exact) mass is 596 g/mol. The summed E-state index contributed by atoms with van der Waals surface area (Å²) in [5.41, 5.74) is 5.59. The molecule has 4 rings (SSSR count). The smallest absolute Gasteiger partial charge is 0.212 e. The molecule has 0 radical (unpaired) electrons. The number of nitrogens with zero attached hydrogens (tertiary/aromatic N) is 3. The molecule has 4 heterocycles. The van der Waals surface area contributed by atoms with Gasteiger partial charge in [0.25, 0.3) is 0 Å². The van der Waals surface area contributed by atoms with Gasteiger partial charge in [-0.1, -0.05) is 18.5 Å². The maximum atomic E-state index is 8.18. The van der Waals surface area contributed by atoms with E-state index in [0.717, 1.165) is 60.1 Å². The van der Waals surface area contributed by atoms with Gasteiger partial charge in [-0.05, 0) is 44.5 Å². The van der Waals surface area contributed by atoms with Crippen LogP contribution in [0.3, 0.4) is 0 Å². The van der Waals surface area contributed by atoms with E-state index in [1.165, 1.54) is 5.69 Å². The van der Waals surface area contributed by atoms with Gasteiger partial charge in [-0.2, -0.15) is 0 Å². The number of rotatable bonds is 8. The zero-order chi connectivity index (χ0) is 23.4. The number of pyridine rings is 2. The maximum absolute atomic E-state index is 8.18. The van der Waals surface area contributed by atoms with E-state index in [0.29, 0.717) is 17.5 Å². The molecule has 1 aliphatic rings. The van der Waals surface area contributed by atoms with E-state index in [1.54, 1.807) is 22.4 Å². The lowest BCUT2D eigenvalue weighted by atomic mass is 10.0. The summed E-state index contributed by atoms with van der Waals surface area (Å²) in [6.45, 7) is 4.13. The zero-order valence-corrected chi connectivity index (χ0v) is 22.2. The van der Waals surface area contributed by atoms with E-state index in [2.05, 4.69) is 53.8 Å². The Hall–Kier alpha value is -1.82. The van der Waals surface area contributed by atoms with Crippen molar-refractivity contribution in [1.82, 2.24) is 24.6 Å². The first-order chi connectivity index (χ1) is 16.1. The third-order valence-corrected chi connectivity index (χ3v) is 7.77. The van der Waals surface area contributed by atoms with Crippen LogP contribution in [-0.4, -0.2) is 45.4 Å². The first-order valence-corrected chi connectivity index (χ1v) is 14.5. The van der Waals surface area contributed by atoms with Gasteiger partial charge in [0.05, 0.1) is 7.11 Å². The fourth-order valence-corrected chi connectivity index (χ4v) is 6.12. The Labute approximate surface area is 215 Å². The average Bonchev–Trinajstić information content (AvgIpc) is 3.17. The minimum absolute atomic E-state index is 0.0105. The number of fused-ring (bicyclic) bond motifs is 1. The Morgan fingerprint density at radius 3 is 2.76 bits per heavy atom. The van der Waals surface area contributed by atoms with Crippen molar-refractivity contribution < 1.29 is 4.74 Å². The van der Waals surface area contributed by atoms with Crippen LogP contribution >= 0.6 is 41.9 Å². The molecule has 174 valence electrons. The zero-order valence-electron chi connectivity index (χ0n) is 18.5. The molecule has 33 heavy (non-hydrogen) atoms. The number of methoxy groups -OCH3 is 1. The lowest BCUT2D eigenvalue weighted by molar-refractivity contribution is 0.398. The van der Waals surface area contributed by atoms with Crippen molar-refractivity contribution in [3.8, 4) is 17.0 Å². The molecule has 1 saturated heterocycles. The van der Waals surface area contributed by atoms with Gasteiger partial charge in [-0.3, -0.25) is 9.38 Å². The van der Waals surface area contributed by atoms with Gasteiger partial charge < -0.3 is 15.4 Å². The standard InChI is InChI=1S/C23H26ClIN6OS/c1-3-19-21(14-4-5-20(32-2)29-11-14)17-10-15(12-30-23(17)31(19)33-25)18(22(24)26)13-28-16-6-8-27-9-7-16/h4-5,10-13,16,26-28H,3,6-9H2,1-2H3/b18-13-,26-22?. The van der Waals surface area contributed by atoms with Crippen molar-refractivity contribution in [3.63, 3.8) is 0 Å². The van der Waals surface area contributed by atoms with E-state index in [9.17, 15) is 0 Å². The van der Waals surface area contributed by atoms with Gasteiger partial charge in [-0.15, -0.1) is 0 Å². The number of piperidine rings is 1. The first-order valence-electron chi connectivity index (χ1n) is 10.8. The van der Waals surface area contributed by atoms with Crippen LogP contribution < -0.4 is 15.4 Å². The Morgan fingerprint density at radius 2 is 2.15 bits per heavy atom. The van der Waals surface area contributed by atoms with Gasteiger partial charge in [0.15, 0.2) is 5.65 Å².